The van der Waals surface area contributed by atoms with E-state index >= 15 is 0 Å². The Bertz CT molecular complexity index is 612. The van der Waals surface area contributed by atoms with Crippen molar-refractivity contribution in [2.75, 3.05) is 0 Å². The molecule has 3 saturated carbocycles. The van der Waals surface area contributed by atoms with Crippen molar-refractivity contribution >= 4 is 5.78 Å². The molecule has 0 aromatic carbocycles. The van der Waals surface area contributed by atoms with Crippen molar-refractivity contribution in [2.24, 2.45) is 34.5 Å². The monoisotopic (exact) mass is 312 g/mol. The van der Waals surface area contributed by atoms with Crippen LogP contribution in [-0.4, -0.2) is 17.0 Å². The van der Waals surface area contributed by atoms with Gasteiger partial charge in [-0.25, -0.2) is 0 Å². The number of rotatable bonds is 0. The van der Waals surface area contributed by atoms with Crippen LogP contribution in [0.25, 0.3) is 0 Å². The molecule has 0 saturated heterocycles. The van der Waals surface area contributed by atoms with Crippen molar-refractivity contribution in [1.82, 2.24) is 0 Å². The van der Waals surface area contributed by atoms with Crippen LogP contribution < -0.4 is 0 Å². The molecule has 2 nitrogen and oxygen atoms in total. The Labute approximate surface area is 139 Å². The highest BCUT2D eigenvalue weighted by Crippen LogP contribution is 2.66. The fourth-order valence-electron chi connectivity index (χ4n) is 6.96. The second kappa shape index (κ2) is 4.96. The third kappa shape index (κ3) is 1.96. The molecular weight excluding hydrogens is 284 g/mol. The van der Waals surface area contributed by atoms with Gasteiger partial charge in [-0.3, -0.25) is 4.79 Å². The summed E-state index contributed by atoms with van der Waals surface area (Å²) in [6.07, 6.45) is 14.3. The zero-order valence-electron chi connectivity index (χ0n) is 14.3. The lowest BCUT2D eigenvalue weighted by atomic mass is 9.46. The van der Waals surface area contributed by atoms with Crippen molar-refractivity contribution in [2.45, 2.75) is 64.9 Å². The van der Waals surface area contributed by atoms with Gasteiger partial charge < -0.3 is 5.11 Å². The van der Waals surface area contributed by atoms with E-state index in [1.54, 1.807) is 0 Å². The van der Waals surface area contributed by atoms with E-state index in [9.17, 15) is 9.90 Å². The average Bonchev–Trinajstić information content (AvgIpc) is 2.83. The Morgan fingerprint density at radius 3 is 2.78 bits per heavy atom. The third-order valence-electron chi connectivity index (χ3n) is 8.09. The molecular formula is C21H28O2. The van der Waals surface area contributed by atoms with Gasteiger partial charge in [0, 0.05) is 12.3 Å². The van der Waals surface area contributed by atoms with E-state index in [2.05, 4.69) is 19.8 Å². The lowest BCUT2D eigenvalue weighted by Crippen LogP contribution is -2.56. The van der Waals surface area contributed by atoms with Crippen molar-refractivity contribution in [3.05, 3.63) is 11.6 Å². The predicted molar refractivity (Wildman–Crippen MR) is 90.4 cm³/mol. The molecule has 2 heteroatoms. The number of fused-ring (bicyclic) bond motifs is 5. The van der Waals surface area contributed by atoms with Crippen LogP contribution >= 0.6 is 0 Å². The van der Waals surface area contributed by atoms with Gasteiger partial charge in [-0.15, -0.1) is 12.3 Å². The molecule has 0 heterocycles. The zero-order chi connectivity index (χ0) is 16.4. The topological polar surface area (TPSA) is 37.3 Å². The summed E-state index contributed by atoms with van der Waals surface area (Å²) >= 11 is 0. The normalized spacial score (nSPS) is 52.0. The van der Waals surface area contributed by atoms with Crippen LogP contribution in [0.2, 0.25) is 0 Å². The van der Waals surface area contributed by atoms with Gasteiger partial charge in [-0.05, 0) is 73.2 Å². The molecule has 1 N–H and O–H groups in total. The van der Waals surface area contributed by atoms with Crippen LogP contribution in [-0.2, 0) is 4.79 Å². The van der Waals surface area contributed by atoms with Crippen LogP contribution in [0.4, 0.5) is 0 Å². The van der Waals surface area contributed by atoms with Crippen molar-refractivity contribution in [3.63, 3.8) is 0 Å². The molecule has 23 heavy (non-hydrogen) atoms. The second-order valence-corrected chi connectivity index (χ2v) is 8.96. The molecule has 0 aromatic heterocycles. The molecule has 4 aliphatic rings. The minimum atomic E-state index is -0.280. The van der Waals surface area contributed by atoms with Gasteiger partial charge in [-0.2, -0.15) is 0 Å². The van der Waals surface area contributed by atoms with E-state index in [4.69, 9.17) is 6.42 Å². The van der Waals surface area contributed by atoms with E-state index < -0.39 is 0 Å². The van der Waals surface area contributed by atoms with Crippen LogP contribution in [0.5, 0.6) is 0 Å². The summed E-state index contributed by atoms with van der Waals surface area (Å²) in [4.78, 5) is 11.9. The summed E-state index contributed by atoms with van der Waals surface area (Å²) in [5.41, 5.74) is 1.44. The number of carbonyl (C=O) groups excluding carboxylic acids is 1. The quantitative estimate of drug-likeness (QED) is 0.692. The highest BCUT2D eigenvalue weighted by molar-refractivity contribution is 5.91. The molecule has 0 aliphatic heterocycles. The first kappa shape index (κ1) is 15.5. The molecule has 0 amide bonds. The highest BCUT2D eigenvalue weighted by Gasteiger charge is 2.61. The molecule has 0 unspecified atom stereocenters. The molecule has 4 aliphatic carbocycles. The van der Waals surface area contributed by atoms with Gasteiger partial charge in [0.15, 0.2) is 5.78 Å². The predicted octanol–water partition coefficient (Wildman–Crippen LogP) is 3.74. The van der Waals surface area contributed by atoms with Crippen LogP contribution in [0.3, 0.4) is 0 Å². The number of hydrogen-bond acceptors (Lipinski definition) is 2. The largest absolute Gasteiger partial charge is 0.393 e. The smallest absolute Gasteiger partial charge is 0.155 e. The number of terminal acetylenes is 1. The van der Waals surface area contributed by atoms with Gasteiger partial charge in [0.05, 0.1) is 6.10 Å². The summed E-state index contributed by atoms with van der Waals surface area (Å²) in [6.45, 7) is 4.63. The van der Waals surface area contributed by atoms with E-state index in [0.29, 0.717) is 30.1 Å². The van der Waals surface area contributed by atoms with Gasteiger partial charge in [0.25, 0.3) is 0 Å². The van der Waals surface area contributed by atoms with Crippen LogP contribution in [0, 0.1) is 46.8 Å². The molecule has 0 spiro atoms. The number of aliphatic hydroxyl groups excluding tert-OH is 1. The third-order valence-corrected chi connectivity index (χ3v) is 8.09. The Morgan fingerprint density at radius 1 is 1.26 bits per heavy atom. The maximum atomic E-state index is 11.9. The fraction of sp³-hybridized carbons (Fsp3) is 0.762. The summed E-state index contributed by atoms with van der Waals surface area (Å²) in [5.74, 6) is 5.15. The number of ketones is 1. The Balaban J connectivity index is 1.74. The number of aliphatic hydroxyl groups is 1. The SMILES string of the molecule is C#C[C@H]1CC[C@H]2[C@@H]3CCC4=CC(=O)CC[C@]4(C)[C@H]3[C@@H](O)C[C@]12C. The molecule has 0 aromatic rings. The van der Waals surface area contributed by atoms with Crippen molar-refractivity contribution in [1.29, 1.82) is 0 Å². The average molecular weight is 312 g/mol. The van der Waals surface area contributed by atoms with Gasteiger partial charge >= 0.3 is 0 Å². The summed E-state index contributed by atoms with van der Waals surface area (Å²) in [6, 6.07) is 0. The van der Waals surface area contributed by atoms with Crippen molar-refractivity contribution < 1.29 is 9.90 Å². The first-order valence-electron chi connectivity index (χ1n) is 9.28. The Kier molecular flexibility index (Phi) is 3.34. The standard InChI is InChI=1S/C21H28O2/c1-4-13-6-8-17-16-7-5-14-11-15(22)9-10-20(14,2)19(16)18(23)12-21(13,17)3/h1,11,13,16-19,23H,5-10,12H2,2-3H3/t13-,16-,17-,18-,19+,20-,21+/m0/s1. The van der Waals surface area contributed by atoms with Crippen LogP contribution in [0.1, 0.15) is 58.8 Å². The van der Waals surface area contributed by atoms with Crippen molar-refractivity contribution in [3.8, 4) is 12.3 Å². The molecule has 124 valence electrons. The van der Waals surface area contributed by atoms with Crippen LogP contribution in [0.15, 0.2) is 11.6 Å². The molecule has 0 radical (unpaired) electrons. The van der Waals surface area contributed by atoms with Gasteiger partial charge in [-0.1, -0.05) is 19.4 Å². The Hall–Kier alpha value is -1.07. The highest BCUT2D eigenvalue weighted by atomic mass is 16.3. The minimum absolute atomic E-state index is 0.0196. The number of hydrogen-bond donors (Lipinski definition) is 1. The van der Waals surface area contributed by atoms with E-state index in [0.717, 1.165) is 32.1 Å². The van der Waals surface area contributed by atoms with E-state index in [1.165, 1.54) is 12.0 Å². The maximum Gasteiger partial charge on any atom is 0.155 e. The second-order valence-electron chi connectivity index (χ2n) is 8.96. The number of allylic oxidation sites excluding steroid dienone is 1. The molecule has 3 fully saturated rings. The summed E-state index contributed by atoms with van der Waals surface area (Å²) in [7, 11) is 0. The minimum Gasteiger partial charge on any atom is -0.393 e. The first-order valence-corrected chi connectivity index (χ1v) is 9.28. The lowest BCUT2D eigenvalue weighted by Gasteiger charge is -2.59. The van der Waals surface area contributed by atoms with E-state index in [-0.39, 0.29) is 22.7 Å². The molecule has 4 rings (SSSR count). The summed E-state index contributed by atoms with van der Waals surface area (Å²) < 4.78 is 0. The molecule has 0 bridgehead atoms. The lowest BCUT2D eigenvalue weighted by molar-refractivity contribution is -0.130. The first-order chi connectivity index (χ1) is 10.9. The van der Waals surface area contributed by atoms with E-state index in [1.807, 2.05) is 6.08 Å². The number of carbonyl (C=O) groups is 1. The maximum absolute atomic E-state index is 11.9. The summed E-state index contributed by atoms with van der Waals surface area (Å²) in [5, 5.41) is 11.1. The van der Waals surface area contributed by atoms with Gasteiger partial charge in [0.2, 0.25) is 0 Å². The Morgan fingerprint density at radius 2 is 2.04 bits per heavy atom. The fourth-order valence-corrected chi connectivity index (χ4v) is 6.96. The zero-order valence-corrected chi connectivity index (χ0v) is 14.3. The molecule has 7 atom stereocenters. The van der Waals surface area contributed by atoms with Gasteiger partial charge in [0.1, 0.15) is 0 Å².